The van der Waals surface area contributed by atoms with Crippen LogP contribution in [0.25, 0.3) is 0 Å². The Bertz CT molecular complexity index is 1160. The number of para-hydroxylation sites is 1. The molecule has 0 saturated heterocycles. The third-order valence-corrected chi connectivity index (χ3v) is 7.43. The van der Waals surface area contributed by atoms with Crippen molar-refractivity contribution < 1.29 is 13.2 Å². The van der Waals surface area contributed by atoms with Crippen LogP contribution in [0.2, 0.25) is 0 Å². The number of methoxy groups -OCH3 is 1. The quantitative estimate of drug-likeness (QED) is 0.537. The third kappa shape index (κ3) is 4.60. The molecular weight excluding hydrogens is 424 g/mol. The van der Waals surface area contributed by atoms with Gasteiger partial charge in [0.05, 0.1) is 24.2 Å². The summed E-state index contributed by atoms with van der Waals surface area (Å²) in [5, 5.41) is 12.0. The number of benzene rings is 3. The van der Waals surface area contributed by atoms with Gasteiger partial charge in [-0.25, -0.2) is 8.42 Å². The van der Waals surface area contributed by atoms with Crippen molar-refractivity contribution >= 4 is 21.4 Å². The van der Waals surface area contributed by atoms with E-state index in [0.717, 1.165) is 17.0 Å². The first-order valence-electron chi connectivity index (χ1n) is 10.4. The van der Waals surface area contributed by atoms with Gasteiger partial charge in [-0.05, 0) is 54.1 Å². The number of nitrogens with one attached hydrogen (secondary N) is 1. The second kappa shape index (κ2) is 9.40. The number of hydrogen-bond donors (Lipinski definition) is 1. The van der Waals surface area contributed by atoms with Gasteiger partial charge in [-0.2, -0.15) is 10.2 Å². The monoisotopic (exact) mass is 450 g/mol. The second-order valence-electron chi connectivity index (χ2n) is 7.63. The summed E-state index contributed by atoms with van der Waals surface area (Å²) in [6, 6.07) is 23.7. The number of hydrogen-bond acceptors (Lipinski definition) is 6. The van der Waals surface area contributed by atoms with E-state index >= 15 is 0 Å². The van der Waals surface area contributed by atoms with Crippen LogP contribution < -0.4 is 14.4 Å². The van der Waals surface area contributed by atoms with Gasteiger partial charge >= 0.3 is 0 Å². The van der Waals surface area contributed by atoms with E-state index < -0.39 is 10.0 Å². The van der Waals surface area contributed by atoms with Gasteiger partial charge in [-0.3, -0.25) is 4.31 Å². The average Bonchev–Trinajstić information content (AvgIpc) is 3.32. The van der Waals surface area contributed by atoms with E-state index in [1.165, 1.54) is 4.31 Å². The zero-order valence-corrected chi connectivity index (χ0v) is 18.9. The molecule has 1 heterocycles. The molecule has 0 spiro atoms. The molecule has 1 N–H and O–H groups in total. The van der Waals surface area contributed by atoms with Crippen LogP contribution in [-0.4, -0.2) is 35.7 Å². The summed E-state index contributed by atoms with van der Waals surface area (Å²) in [6.07, 6.45) is 0. The highest BCUT2D eigenvalue weighted by Crippen LogP contribution is 2.33. The highest BCUT2D eigenvalue weighted by Gasteiger charge is 2.27. The van der Waals surface area contributed by atoms with Gasteiger partial charge in [0.2, 0.25) is 0 Å². The number of azo groups is 1. The number of sulfonamides is 1. The van der Waals surface area contributed by atoms with Crippen LogP contribution in [-0.2, 0) is 10.0 Å². The summed E-state index contributed by atoms with van der Waals surface area (Å²) in [4.78, 5) is 0.247. The fraction of sp³-hybridized carbons (Fsp3) is 0.250. The summed E-state index contributed by atoms with van der Waals surface area (Å²) < 4.78 is 32.4. The van der Waals surface area contributed by atoms with Crippen molar-refractivity contribution in [1.29, 1.82) is 0 Å². The van der Waals surface area contributed by atoms with Gasteiger partial charge in [0.15, 0.2) is 0 Å². The lowest BCUT2D eigenvalue weighted by Gasteiger charge is -2.20. The third-order valence-electron chi connectivity index (χ3n) is 5.63. The molecule has 7 nitrogen and oxygen atoms in total. The first-order chi connectivity index (χ1) is 15.5. The van der Waals surface area contributed by atoms with Crippen molar-refractivity contribution in [3.8, 4) is 5.75 Å². The number of anilines is 2. The Morgan fingerprint density at radius 3 is 2.34 bits per heavy atom. The fourth-order valence-electron chi connectivity index (χ4n) is 3.68. The second-order valence-corrected chi connectivity index (χ2v) is 9.60. The van der Waals surface area contributed by atoms with Crippen LogP contribution in [0.1, 0.15) is 11.6 Å². The Morgan fingerprint density at radius 1 is 1.00 bits per heavy atom. The van der Waals surface area contributed by atoms with E-state index in [1.807, 2.05) is 42.5 Å². The zero-order chi connectivity index (χ0) is 22.6. The van der Waals surface area contributed by atoms with Crippen molar-refractivity contribution in [3.63, 3.8) is 0 Å². The van der Waals surface area contributed by atoms with Crippen LogP contribution in [0.3, 0.4) is 0 Å². The van der Waals surface area contributed by atoms with Crippen molar-refractivity contribution in [2.45, 2.75) is 10.9 Å². The lowest BCUT2D eigenvalue weighted by molar-refractivity contribution is 0.414. The Balaban J connectivity index is 1.40. The molecule has 0 bridgehead atoms. The standard InChI is InChI=1S/C24H26N4O3S/c1-28(21-6-4-3-5-7-21)32(29,30)23-14-10-20(11-15-23)25-16-19-17-26-27-24(19)18-8-12-22(31-2)13-9-18/h3-15,19,24-25H,16-17H2,1-2H3. The average molecular weight is 451 g/mol. The minimum atomic E-state index is -3.62. The maximum atomic E-state index is 12.9. The highest BCUT2D eigenvalue weighted by molar-refractivity contribution is 7.92. The van der Waals surface area contributed by atoms with Gasteiger partial charge in [0.25, 0.3) is 10.0 Å². The van der Waals surface area contributed by atoms with E-state index in [0.29, 0.717) is 18.8 Å². The van der Waals surface area contributed by atoms with Crippen molar-refractivity contribution in [3.05, 3.63) is 84.4 Å². The lowest BCUT2D eigenvalue weighted by atomic mass is 9.94. The summed E-state index contributed by atoms with van der Waals surface area (Å²) >= 11 is 0. The van der Waals surface area contributed by atoms with Crippen LogP contribution >= 0.6 is 0 Å². The Labute approximate surface area is 188 Å². The molecule has 0 saturated carbocycles. The minimum Gasteiger partial charge on any atom is -0.497 e. The van der Waals surface area contributed by atoms with Crippen LogP contribution in [0, 0.1) is 5.92 Å². The van der Waals surface area contributed by atoms with Crippen LogP contribution in [0.15, 0.2) is 94.0 Å². The smallest absolute Gasteiger partial charge is 0.264 e. The summed E-state index contributed by atoms with van der Waals surface area (Å²) in [7, 11) is -0.420. The molecule has 32 heavy (non-hydrogen) atoms. The number of nitrogens with zero attached hydrogens (tertiary/aromatic N) is 3. The van der Waals surface area contributed by atoms with Gasteiger partial charge < -0.3 is 10.1 Å². The maximum absolute atomic E-state index is 12.9. The van der Waals surface area contributed by atoms with E-state index in [1.54, 1.807) is 50.6 Å². The topological polar surface area (TPSA) is 83.4 Å². The Hall–Kier alpha value is -3.39. The van der Waals surface area contributed by atoms with Gasteiger partial charge in [-0.15, -0.1) is 0 Å². The van der Waals surface area contributed by atoms with Gasteiger partial charge in [0, 0.05) is 25.2 Å². The SMILES string of the molecule is COc1ccc(C2N=NCC2CNc2ccc(S(=O)(=O)N(C)c3ccccc3)cc2)cc1. The molecule has 2 atom stereocenters. The molecule has 3 aromatic rings. The first kappa shape index (κ1) is 21.8. The molecule has 0 fully saturated rings. The number of rotatable bonds is 8. The first-order valence-corrected chi connectivity index (χ1v) is 11.8. The molecule has 1 aliphatic heterocycles. The van der Waals surface area contributed by atoms with E-state index in [4.69, 9.17) is 4.74 Å². The van der Waals surface area contributed by atoms with Crippen molar-refractivity contribution in [2.75, 3.05) is 36.9 Å². The summed E-state index contributed by atoms with van der Waals surface area (Å²) in [5.41, 5.74) is 2.57. The van der Waals surface area contributed by atoms with Crippen molar-refractivity contribution in [2.24, 2.45) is 16.1 Å². The Morgan fingerprint density at radius 2 is 1.69 bits per heavy atom. The van der Waals surface area contributed by atoms with Crippen LogP contribution in [0.5, 0.6) is 5.75 Å². The molecule has 8 heteroatoms. The predicted molar refractivity (Wildman–Crippen MR) is 126 cm³/mol. The summed E-state index contributed by atoms with van der Waals surface area (Å²) in [6.45, 7) is 1.33. The van der Waals surface area contributed by atoms with Crippen molar-refractivity contribution in [1.82, 2.24) is 0 Å². The van der Waals surface area contributed by atoms with Gasteiger partial charge in [0.1, 0.15) is 11.8 Å². The zero-order valence-electron chi connectivity index (χ0n) is 18.0. The molecule has 0 aromatic heterocycles. The normalized spacial score (nSPS) is 17.8. The van der Waals surface area contributed by atoms with E-state index in [2.05, 4.69) is 15.5 Å². The maximum Gasteiger partial charge on any atom is 0.264 e. The van der Waals surface area contributed by atoms with E-state index in [9.17, 15) is 8.42 Å². The largest absolute Gasteiger partial charge is 0.497 e. The van der Waals surface area contributed by atoms with Gasteiger partial charge in [-0.1, -0.05) is 30.3 Å². The fourth-order valence-corrected chi connectivity index (χ4v) is 4.87. The van der Waals surface area contributed by atoms with E-state index in [-0.39, 0.29) is 16.9 Å². The molecule has 0 radical (unpaired) electrons. The predicted octanol–water partition coefficient (Wildman–Crippen LogP) is 4.76. The molecule has 4 rings (SSSR count). The molecule has 1 aliphatic rings. The molecule has 3 aromatic carbocycles. The molecular formula is C24H26N4O3S. The highest BCUT2D eigenvalue weighted by atomic mass is 32.2. The van der Waals surface area contributed by atoms with Crippen LogP contribution in [0.4, 0.5) is 11.4 Å². The molecule has 2 unspecified atom stereocenters. The Kier molecular flexibility index (Phi) is 6.41. The minimum absolute atomic E-state index is 0.00687. The molecule has 166 valence electrons. The molecule has 0 amide bonds. The number of ether oxygens (including phenoxy) is 1. The summed E-state index contributed by atoms with van der Waals surface area (Å²) in [5.74, 6) is 1.03. The molecule has 0 aliphatic carbocycles. The lowest BCUT2D eigenvalue weighted by Crippen LogP contribution is -2.26.